The van der Waals surface area contributed by atoms with E-state index in [0.717, 1.165) is 37.9 Å². The molecule has 1 aromatic heterocycles. The van der Waals surface area contributed by atoms with Crippen LogP contribution in [-0.4, -0.2) is 53.8 Å². The highest BCUT2D eigenvalue weighted by atomic mass is 32.2. The third kappa shape index (κ3) is 3.54. The van der Waals surface area contributed by atoms with Gasteiger partial charge in [0, 0.05) is 37.9 Å². The second-order valence-corrected chi connectivity index (χ2v) is 7.20. The summed E-state index contributed by atoms with van der Waals surface area (Å²) >= 11 is 0.967. The van der Waals surface area contributed by atoms with Gasteiger partial charge in [-0.3, -0.25) is 19.4 Å². The van der Waals surface area contributed by atoms with E-state index < -0.39 is 0 Å². The Morgan fingerprint density at radius 1 is 1.00 bits per heavy atom. The van der Waals surface area contributed by atoms with Crippen molar-refractivity contribution in [3.05, 3.63) is 59.4 Å². The molecule has 134 valence electrons. The highest BCUT2D eigenvalue weighted by molar-refractivity contribution is 8.18. The molecule has 0 spiro atoms. The van der Waals surface area contributed by atoms with E-state index in [1.165, 1.54) is 10.6 Å². The zero-order chi connectivity index (χ0) is 17.9. The summed E-state index contributed by atoms with van der Waals surface area (Å²) in [5.41, 5.74) is 1.21. The van der Waals surface area contributed by atoms with E-state index in [0.29, 0.717) is 17.3 Å². The highest BCUT2D eigenvalue weighted by Gasteiger charge is 2.36. The normalized spacial score (nSPS) is 20.4. The van der Waals surface area contributed by atoms with E-state index in [4.69, 9.17) is 4.42 Å². The number of piperazine rings is 1. The first-order valence-electron chi connectivity index (χ1n) is 8.52. The molecule has 0 saturated carbocycles. The molecule has 0 bridgehead atoms. The number of rotatable bonds is 4. The van der Waals surface area contributed by atoms with E-state index in [2.05, 4.69) is 21.9 Å². The maximum atomic E-state index is 12.5. The average molecular weight is 369 g/mol. The summed E-state index contributed by atoms with van der Waals surface area (Å²) in [7, 11) is 0. The van der Waals surface area contributed by atoms with Crippen molar-refractivity contribution in [1.29, 1.82) is 0 Å². The van der Waals surface area contributed by atoms with Gasteiger partial charge in [-0.05, 0) is 36.0 Å². The maximum Gasteiger partial charge on any atom is 0.294 e. The molecule has 6 nitrogen and oxygen atoms in total. The van der Waals surface area contributed by atoms with Gasteiger partial charge in [0.2, 0.25) is 0 Å². The minimum atomic E-state index is -0.248. The molecule has 2 amide bonds. The Labute approximate surface area is 156 Å². The summed E-state index contributed by atoms with van der Waals surface area (Å²) < 4.78 is 5.23. The molecule has 1 aromatic carbocycles. The number of nitrogens with zero attached hydrogens (tertiary/aromatic N) is 3. The number of amides is 2. The smallest absolute Gasteiger partial charge is 0.294 e. The van der Waals surface area contributed by atoms with Gasteiger partial charge in [0.25, 0.3) is 11.1 Å². The average Bonchev–Trinajstić information content (AvgIpc) is 3.27. The molecule has 7 heteroatoms. The number of anilines is 1. The largest absolute Gasteiger partial charge is 0.465 e. The second kappa shape index (κ2) is 7.39. The van der Waals surface area contributed by atoms with Crippen LogP contribution in [-0.2, 0) is 4.79 Å². The molecule has 4 rings (SSSR count). The Morgan fingerprint density at radius 3 is 2.46 bits per heavy atom. The number of thioether (sulfide) groups is 1. The summed E-state index contributed by atoms with van der Waals surface area (Å²) in [6.45, 7) is 3.72. The number of hydrogen-bond donors (Lipinski definition) is 0. The number of hydrogen-bond acceptors (Lipinski definition) is 6. The van der Waals surface area contributed by atoms with Crippen LogP contribution in [0.15, 0.2) is 58.1 Å². The number of benzene rings is 1. The van der Waals surface area contributed by atoms with Gasteiger partial charge in [-0.1, -0.05) is 18.2 Å². The van der Waals surface area contributed by atoms with Crippen LogP contribution in [0.4, 0.5) is 10.5 Å². The van der Waals surface area contributed by atoms with Gasteiger partial charge in [0.05, 0.1) is 17.8 Å². The predicted octanol–water partition coefficient (Wildman–Crippen LogP) is 3.10. The van der Waals surface area contributed by atoms with Gasteiger partial charge in [-0.25, -0.2) is 0 Å². The fourth-order valence-electron chi connectivity index (χ4n) is 3.11. The van der Waals surface area contributed by atoms with Gasteiger partial charge in [0.15, 0.2) is 0 Å². The number of imide groups is 1. The molecule has 0 N–H and O–H groups in total. The fourth-order valence-corrected chi connectivity index (χ4v) is 3.92. The number of carbonyl (C=O) groups excluding carboxylic acids is 2. The maximum absolute atomic E-state index is 12.5. The van der Waals surface area contributed by atoms with Crippen molar-refractivity contribution < 1.29 is 14.0 Å². The standard InChI is InChI=1S/C19H19N3O3S/c23-18-17(13-16-7-4-12-25-16)26-19(24)22(18)14-20-8-10-21(11-9-20)15-5-2-1-3-6-15/h1-7,12-13H,8-11,14H2. The lowest BCUT2D eigenvalue weighted by molar-refractivity contribution is -0.124. The molecule has 0 atom stereocenters. The zero-order valence-corrected chi connectivity index (χ0v) is 15.0. The van der Waals surface area contributed by atoms with Crippen LogP contribution in [0.5, 0.6) is 0 Å². The summed E-state index contributed by atoms with van der Waals surface area (Å²) in [5, 5.41) is -0.224. The molecule has 0 unspecified atom stereocenters. The van der Waals surface area contributed by atoms with Gasteiger partial charge in [0.1, 0.15) is 5.76 Å². The Balaban J connectivity index is 1.36. The van der Waals surface area contributed by atoms with Crippen molar-refractivity contribution in [3.63, 3.8) is 0 Å². The zero-order valence-electron chi connectivity index (χ0n) is 14.2. The summed E-state index contributed by atoms with van der Waals surface area (Å²) in [6, 6.07) is 13.8. The molecular formula is C19H19N3O3S. The van der Waals surface area contributed by atoms with Gasteiger partial charge in [-0.15, -0.1) is 0 Å². The minimum absolute atomic E-state index is 0.224. The Hall–Kier alpha value is -2.51. The Kier molecular flexibility index (Phi) is 4.81. The van der Waals surface area contributed by atoms with E-state index >= 15 is 0 Å². The minimum Gasteiger partial charge on any atom is -0.465 e. The third-order valence-electron chi connectivity index (χ3n) is 4.53. The van der Waals surface area contributed by atoms with E-state index in [1.54, 1.807) is 24.5 Å². The van der Waals surface area contributed by atoms with Crippen LogP contribution in [0.2, 0.25) is 0 Å². The monoisotopic (exact) mass is 369 g/mol. The summed E-state index contributed by atoms with van der Waals surface area (Å²) in [6.07, 6.45) is 3.17. The van der Waals surface area contributed by atoms with Crippen LogP contribution >= 0.6 is 11.8 Å². The van der Waals surface area contributed by atoms with Crippen molar-refractivity contribution in [3.8, 4) is 0 Å². The van der Waals surface area contributed by atoms with Crippen molar-refractivity contribution in [2.45, 2.75) is 0 Å². The van der Waals surface area contributed by atoms with Crippen LogP contribution < -0.4 is 4.90 Å². The Morgan fingerprint density at radius 2 is 1.77 bits per heavy atom. The van der Waals surface area contributed by atoms with E-state index in [1.807, 2.05) is 18.2 Å². The van der Waals surface area contributed by atoms with Crippen LogP contribution in [0.3, 0.4) is 0 Å². The summed E-state index contributed by atoms with van der Waals surface area (Å²) in [4.78, 5) is 31.0. The number of para-hydroxylation sites is 1. The van der Waals surface area contributed by atoms with Crippen LogP contribution in [0.1, 0.15) is 5.76 Å². The SMILES string of the molecule is O=C1SC(=Cc2ccco2)C(=O)N1CN1CCN(c2ccccc2)CC1. The molecule has 3 heterocycles. The van der Waals surface area contributed by atoms with E-state index in [-0.39, 0.29) is 11.1 Å². The quantitative estimate of drug-likeness (QED) is 0.772. The number of carbonyl (C=O) groups is 2. The molecular weight excluding hydrogens is 350 g/mol. The van der Waals surface area contributed by atoms with Gasteiger partial charge >= 0.3 is 0 Å². The first kappa shape index (κ1) is 16.9. The summed E-state index contributed by atoms with van der Waals surface area (Å²) in [5.74, 6) is 0.328. The molecule has 0 radical (unpaired) electrons. The van der Waals surface area contributed by atoms with Gasteiger partial charge in [-0.2, -0.15) is 0 Å². The first-order valence-corrected chi connectivity index (χ1v) is 9.33. The second-order valence-electron chi connectivity index (χ2n) is 6.21. The highest BCUT2D eigenvalue weighted by Crippen LogP contribution is 2.32. The molecule has 2 aromatic rings. The lowest BCUT2D eigenvalue weighted by Gasteiger charge is -2.37. The first-order chi connectivity index (χ1) is 12.7. The topological polar surface area (TPSA) is 57.0 Å². The fraction of sp³-hybridized carbons (Fsp3) is 0.263. The Bertz CT molecular complexity index is 812. The predicted molar refractivity (Wildman–Crippen MR) is 102 cm³/mol. The molecule has 2 aliphatic heterocycles. The molecule has 2 aliphatic rings. The van der Waals surface area contributed by atoms with E-state index in [9.17, 15) is 9.59 Å². The molecule has 0 aliphatic carbocycles. The van der Waals surface area contributed by atoms with Gasteiger partial charge < -0.3 is 9.32 Å². The molecule has 2 saturated heterocycles. The lowest BCUT2D eigenvalue weighted by atomic mass is 10.2. The third-order valence-corrected chi connectivity index (χ3v) is 5.43. The van der Waals surface area contributed by atoms with Crippen molar-refractivity contribution in [1.82, 2.24) is 9.80 Å². The van der Waals surface area contributed by atoms with Crippen LogP contribution in [0.25, 0.3) is 6.08 Å². The lowest BCUT2D eigenvalue weighted by Crippen LogP contribution is -2.50. The van der Waals surface area contributed by atoms with Crippen molar-refractivity contribution in [2.24, 2.45) is 0 Å². The van der Waals surface area contributed by atoms with Crippen molar-refractivity contribution in [2.75, 3.05) is 37.7 Å². The number of furan rings is 1. The molecule has 26 heavy (non-hydrogen) atoms. The van der Waals surface area contributed by atoms with Crippen LogP contribution in [0, 0.1) is 0 Å². The van der Waals surface area contributed by atoms with Crippen molar-refractivity contribution >= 4 is 34.7 Å². The molecule has 2 fully saturated rings.